The molecule has 0 bridgehead atoms. The summed E-state index contributed by atoms with van der Waals surface area (Å²) in [6.07, 6.45) is -4.60. The predicted molar refractivity (Wildman–Crippen MR) is 125 cm³/mol. The van der Waals surface area contributed by atoms with Crippen molar-refractivity contribution in [1.82, 2.24) is 4.90 Å². The highest BCUT2D eigenvalue weighted by molar-refractivity contribution is 6.46. The van der Waals surface area contributed by atoms with Crippen molar-refractivity contribution in [3.05, 3.63) is 100 Å². The molecular formula is C27H21F4NO5. The highest BCUT2D eigenvalue weighted by atomic mass is 19.4. The summed E-state index contributed by atoms with van der Waals surface area (Å²) in [6.45, 7) is -0.359. The average Bonchev–Trinajstić information content (AvgIpc) is 3.13. The SMILES string of the molecule is COc1ccc(C2/C(=C(\O)c3cc(F)ccc3OC)C(=O)C(=O)N2Cc2cccc(C(F)(F)F)c2)cc1. The van der Waals surface area contributed by atoms with Crippen LogP contribution in [0.3, 0.4) is 0 Å². The number of methoxy groups -OCH3 is 2. The van der Waals surface area contributed by atoms with E-state index in [1.807, 2.05) is 0 Å². The largest absolute Gasteiger partial charge is 0.507 e. The maximum absolute atomic E-state index is 14.0. The first-order valence-corrected chi connectivity index (χ1v) is 11.0. The van der Waals surface area contributed by atoms with E-state index in [-0.39, 0.29) is 29.0 Å². The summed E-state index contributed by atoms with van der Waals surface area (Å²) in [5, 5.41) is 11.2. The molecule has 0 spiro atoms. The van der Waals surface area contributed by atoms with E-state index in [1.165, 1.54) is 32.4 Å². The van der Waals surface area contributed by atoms with Gasteiger partial charge in [0.2, 0.25) is 0 Å². The molecule has 192 valence electrons. The summed E-state index contributed by atoms with van der Waals surface area (Å²) in [5.41, 5.74) is -0.918. The Morgan fingerprint density at radius 3 is 2.30 bits per heavy atom. The number of benzene rings is 3. The quantitative estimate of drug-likeness (QED) is 0.204. The van der Waals surface area contributed by atoms with Crippen molar-refractivity contribution in [3.8, 4) is 11.5 Å². The van der Waals surface area contributed by atoms with Gasteiger partial charge in [-0.05, 0) is 53.6 Å². The first kappa shape index (κ1) is 25.7. The molecule has 1 aliphatic rings. The minimum Gasteiger partial charge on any atom is -0.507 e. The molecule has 0 aliphatic carbocycles. The second-order valence-corrected chi connectivity index (χ2v) is 8.24. The van der Waals surface area contributed by atoms with Gasteiger partial charge in [0, 0.05) is 6.54 Å². The molecule has 1 heterocycles. The molecule has 1 fully saturated rings. The number of hydrogen-bond acceptors (Lipinski definition) is 5. The number of carbonyl (C=O) groups is 2. The molecule has 3 aromatic carbocycles. The molecule has 4 rings (SSSR count). The molecule has 1 unspecified atom stereocenters. The van der Waals surface area contributed by atoms with Crippen LogP contribution >= 0.6 is 0 Å². The van der Waals surface area contributed by atoms with Gasteiger partial charge in [0.05, 0.1) is 37.0 Å². The number of rotatable bonds is 6. The number of amides is 1. The van der Waals surface area contributed by atoms with Crippen LogP contribution in [0.4, 0.5) is 17.6 Å². The van der Waals surface area contributed by atoms with Crippen LogP contribution in [0, 0.1) is 5.82 Å². The third-order valence-corrected chi connectivity index (χ3v) is 6.00. The van der Waals surface area contributed by atoms with Crippen LogP contribution in [-0.4, -0.2) is 35.9 Å². The Kier molecular flexibility index (Phi) is 6.93. The molecule has 1 N–H and O–H groups in total. The Balaban J connectivity index is 1.88. The van der Waals surface area contributed by atoms with Crippen molar-refractivity contribution >= 4 is 17.4 Å². The second kappa shape index (κ2) is 9.96. The topological polar surface area (TPSA) is 76.1 Å². The molecule has 3 aromatic rings. The lowest BCUT2D eigenvalue weighted by Gasteiger charge is -2.26. The van der Waals surface area contributed by atoms with Gasteiger partial charge in [-0.15, -0.1) is 0 Å². The van der Waals surface area contributed by atoms with Gasteiger partial charge in [-0.25, -0.2) is 4.39 Å². The van der Waals surface area contributed by atoms with Crippen LogP contribution in [0.5, 0.6) is 11.5 Å². The highest BCUT2D eigenvalue weighted by Gasteiger charge is 2.46. The number of aliphatic hydroxyl groups is 1. The molecule has 6 nitrogen and oxygen atoms in total. The van der Waals surface area contributed by atoms with Crippen LogP contribution in [-0.2, 0) is 22.3 Å². The molecule has 1 saturated heterocycles. The fourth-order valence-corrected chi connectivity index (χ4v) is 4.23. The van der Waals surface area contributed by atoms with Crippen molar-refractivity contribution < 1.29 is 41.7 Å². The second-order valence-electron chi connectivity index (χ2n) is 8.24. The van der Waals surface area contributed by atoms with Gasteiger partial charge in [0.1, 0.15) is 23.1 Å². The molecule has 10 heteroatoms. The molecule has 0 saturated carbocycles. The minimum absolute atomic E-state index is 0.0523. The van der Waals surface area contributed by atoms with E-state index >= 15 is 0 Å². The van der Waals surface area contributed by atoms with Crippen molar-refractivity contribution in [2.45, 2.75) is 18.8 Å². The Hall–Kier alpha value is -4.34. The average molecular weight is 515 g/mol. The third kappa shape index (κ3) is 5.00. The van der Waals surface area contributed by atoms with Crippen LogP contribution in [0.2, 0.25) is 0 Å². The van der Waals surface area contributed by atoms with Crippen molar-refractivity contribution in [2.24, 2.45) is 0 Å². The molecule has 1 amide bonds. The summed E-state index contributed by atoms with van der Waals surface area (Å²) in [6, 6.07) is 12.8. The van der Waals surface area contributed by atoms with E-state index in [0.29, 0.717) is 11.3 Å². The third-order valence-electron chi connectivity index (χ3n) is 6.00. The Bertz CT molecular complexity index is 1380. The fraction of sp³-hybridized carbons (Fsp3) is 0.185. The van der Waals surface area contributed by atoms with Gasteiger partial charge in [-0.1, -0.05) is 24.3 Å². The van der Waals surface area contributed by atoms with Gasteiger partial charge < -0.3 is 19.5 Å². The Morgan fingerprint density at radius 2 is 1.68 bits per heavy atom. The number of halogens is 4. The maximum atomic E-state index is 14.0. The van der Waals surface area contributed by atoms with Crippen molar-refractivity contribution in [2.75, 3.05) is 14.2 Å². The molecule has 37 heavy (non-hydrogen) atoms. The van der Waals surface area contributed by atoms with Crippen LogP contribution < -0.4 is 9.47 Å². The first-order chi connectivity index (χ1) is 17.5. The molecule has 0 radical (unpaired) electrons. The summed E-state index contributed by atoms with van der Waals surface area (Å²) < 4.78 is 64.2. The molecule has 1 aliphatic heterocycles. The number of likely N-dealkylation sites (tertiary alicyclic amines) is 1. The van der Waals surface area contributed by atoms with E-state index < -0.39 is 41.0 Å². The normalized spacial score (nSPS) is 17.2. The first-order valence-electron chi connectivity index (χ1n) is 11.0. The highest BCUT2D eigenvalue weighted by Crippen LogP contribution is 2.42. The number of carbonyl (C=O) groups excluding carboxylic acids is 2. The van der Waals surface area contributed by atoms with Crippen LogP contribution in [0.1, 0.15) is 28.3 Å². The summed E-state index contributed by atoms with van der Waals surface area (Å²) in [7, 11) is 2.74. The molecule has 0 aromatic heterocycles. The predicted octanol–water partition coefficient (Wildman–Crippen LogP) is 5.48. The molecule has 1 atom stereocenters. The van der Waals surface area contributed by atoms with E-state index in [2.05, 4.69) is 0 Å². The van der Waals surface area contributed by atoms with Gasteiger partial charge in [-0.3, -0.25) is 9.59 Å². The van der Waals surface area contributed by atoms with Crippen LogP contribution in [0.15, 0.2) is 72.3 Å². The van der Waals surface area contributed by atoms with E-state index in [4.69, 9.17) is 9.47 Å². The Labute approximate surface area is 209 Å². The Morgan fingerprint density at radius 1 is 0.973 bits per heavy atom. The lowest BCUT2D eigenvalue weighted by molar-refractivity contribution is -0.140. The lowest BCUT2D eigenvalue weighted by atomic mass is 9.94. The molecular weight excluding hydrogens is 494 g/mol. The number of alkyl halides is 3. The summed E-state index contributed by atoms with van der Waals surface area (Å²) in [4.78, 5) is 27.4. The number of ketones is 1. The lowest BCUT2D eigenvalue weighted by Crippen LogP contribution is -2.29. The van der Waals surface area contributed by atoms with Gasteiger partial charge >= 0.3 is 6.18 Å². The van der Waals surface area contributed by atoms with Crippen LogP contribution in [0.25, 0.3) is 5.76 Å². The number of Topliss-reactive ketones (excluding diaryl/α,β-unsaturated/α-hetero) is 1. The smallest absolute Gasteiger partial charge is 0.416 e. The zero-order valence-electron chi connectivity index (χ0n) is 19.7. The van der Waals surface area contributed by atoms with E-state index in [0.717, 1.165) is 29.2 Å². The fourth-order valence-electron chi connectivity index (χ4n) is 4.23. The van der Waals surface area contributed by atoms with Gasteiger partial charge in [0.25, 0.3) is 11.7 Å². The van der Waals surface area contributed by atoms with Gasteiger partial charge in [0.15, 0.2) is 0 Å². The summed E-state index contributed by atoms with van der Waals surface area (Å²) in [5.74, 6) is -2.97. The maximum Gasteiger partial charge on any atom is 0.416 e. The van der Waals surface area contributed by atoms with E-state index in [1.54, 1.807) is 24.3 Å². The van der Waals surface area contributed by atoms with Crippen molar-refractivity contribution in [3.63, 3.8) is 0 Å². The minimum atomic E-state index is -4.60. The monoisotopic (exact) mass is 515 g/mol. The van der Waals surface area contributed by atoms with Crippen molar-refractivity contribution in [1.29, 1.82) is 0 Å². The van der Waals surface area contributed by atoms with Gasteiger partial charge in [-0.2, -0.15) is 13.2 Å². The number of ether oxygens (including phenoxy) is 2. The zero-order valence-corrected chi connectivity index (χ0v) is 19.7. The standard InChI is InChI=1S/C27H21F4NO5/c1-36-19-9-6-16(7-10-19)23-22(24(33)20-13-18(28)8-11-21(20)37-2)25(34)26(35)32(23)14-15-4-3-5-17(12-15)27(29,30)31/h3-13,23,33H,14H2,1-2H3/b24-22+. The van der Waals surface area contributed by atoms with E-state index in [9.17, 15) is 32.3 Å². The number of aliphatic hydroxyl groups excluding tert-OH is 1. The summed E-state index contributed by atoms with van der Waals surface area (Å²) >= 11 is 0. The number of nitrogens with zero attached hydrogens (tertiary/aromatic N) is 1. The number of hydrogen-bond donors (Lipinski definition) is 1. The zero-order chi connectivity index (χ0) is 26.9.